The Morgan fingerprint density at radius 2 is 2.10 bits per heavy atom. The van der Waals surface area contributed by atoms with Crippen LogP contribution >= 0.6 is 0 Å². The van der Waals surface area contributed by atoms with E-state index in [1.165, 1.54) is 10.5 Å². The summed E-state index contributed by atoms with van der Waals surface area (Å²) in [5.41, 5.74) is 2.32. The molecule has 0 fully saturated rings. The lowest BCUT2D eigenvalue weighted by atomic mass is 9.93. The minimum atomic E-state index is -0.334. The predicted octanol–water partition coefficient (Wildman–Crippen LogP) is 2.66. The molecule has 1 unspecified atom stereocenters. The Morgan fingerprint density at radius 3 is 2.71 bits per heavy atom. The van der Waals surface area contributed by atoms with E-state index >= 15 is 0 Å². The molecule has 1 amide bonds. The Morgan fingerprint density at radius 1 is 1.38 bits per heavy atom. The third-order valence-corrected chi connectivity index (χ3v) is 3.93. The maximum absolute atomic E-state index is 11.9. The maximum Gasteiger partial charge on any atom is 0.414 e. The molecule has 5 heteroatoms. The van der Waals surface area contributed by atoms with Gasteiger partial charge in [-0.05, 0) is 51.2 Å². The van der Waals surface area contributed by atoms with Crippen molar-refractivity contribution >= 4 is 6.09 Å². The summed E-state index contributed by atoms with van der Waals surface area (Å²) in [6.07, 6.45) is -0.226. The van der Waals surface area contributed by atoms with Crippen LogP contribution in [0.4, 0.5) is 4.79 Å². The highest BCUT2D eigenvalue weighted by atomic mass is 16.6. The highest BCUT2D eigenvalue weighted by Crippen LogP contribution is 2.35. The second kappa shape index (κ2) is 6.45. The Hall–Kier alpha value is -1.59. The van der Waals surface area contributed by atoms with Crippen LogP contribution in [0.1, 0.15) is 31.0 Å². The summed E-state index contributed by atoms with van der Waals surface area (Å²) in [4.78, 5) is 15.5. The number of ether oxygens (including phenoxy) is 2. The molecule has 0 saturated carbocycles. The summed E-state index contributed by atoms with van der Waals surface area (Å²) >= 11 is 0. The van der Waals surface area contributed by atoms with Gasteiger partial charge in [0.05, 0.1) is 18.8 Å². The van der Waals surface area contributed by atoms with E-state index in [0.29, 0.717) is 18.9 Å². The van der Waals surface area contributed by atoms with Gasteiger partial charge < -0.3 is 19.3 Å². The standard InChI is InChI=1S/C16H24N2O3/c1-6-18(5)16(19)21-13-8-7-12-10-20-11(2)15(17(3)4)14(12)9-13/h7-9,11,15H,6,10H2,1-5H3/t11-,15?/m0/s1. The third kappa shape index (κ3) is 3.36. The minimum absolute atomic E-state index is 0.108. The summed E-state index contributed by atoms with van der Waals surface area (Å²) in [5, 5.41) is 0. The van der Waals surface area contributed by atoms with Crippen LogP contribution in [0.5, 0.6) is 5.75 Å². The van der Waals surface area contributed by atoms with Crippen molar-refractivity contribution in [3.8, 4) is 5.75 Å². The number of carbonyl (C=O) groups excluding carboxylic acids is 1. The monoisotopic (exact) mass is 292 g/mol. The minimum Gasteiger partial charge on any atom is -0.410 e. The topological polar surface area (TPSA) is 42.0 Å². The first-order valence-corrected chi connectivity index (χ1v) is 7.27. The molecule has 2 rings (SSSR count). The van der Waals surface area contributed by atoms with Crippen LogP contribution in [0.15, 0.2) is 18.2 Å². The van der Waals surface area contributed by atoms with Crippen LogP contribution in [0.25, 0.3) is 0 Å². The number of hydrogen-bond donors (Lipinski definition) is 0. The molecule has 0 N–H and O–H groups in total. The van der Waals surface area contributed by atoms with Crippen molar-refractivity contribution < 1.29 is 14.3 Å². The van der Waals surface area contributed by atoms with Gasteiger partial charge in [0.25, 0.3) is 0 Å². The molecule has 21 heavy (non-hydrogen) atoms. The molecule has 0 radical (unpaired) electrons. The van der Waals surface area contributed by atoms with E-state index in [1.807, 2.05) is 39.2 Å². The van der Waals surface area contributed by atoms with Gasteiger partial charge in [0.1, 0.15) is 5.75 Å². The van der Waals surface area contributed by atoms with Crippen LogP contribution in [0.3, 0.4) is 0 Å². The van der Waals surface area contributed by atoms with Crippen molar-refractivity contribution in [1.82, 2.24) is 9.80 Å². The number of amides is 1. The first-order chi connectivity index (χ1) is 9.93. The lowest BCUT2D eigenvalue weighted by Gasteiger charge is -2.36. The van der Waals surface area contributed by atoms with Gasteiger partial charge in [0.15, 0.2) is 0 Å². The van der Waals surface area contributed by atoms with Gasteiger partial charge in [-0.1, -0.05) is 6.07 Å². The smallest absolute Gasteiger partial charge is 0.410 e. The average Bonchev–Trinajstić information content (AvgIpc) is 2.45. The zero-order chi connectivity index (χ0) is 15.6. The molecule has 0 bridgehead atoms. The SMILES string of the molecule is CCN(C)C(=O)Oc1ccc2c(c1)C(N(C)C)[C@H](C)OC2. The molecule has 1 aromatic carbocycles. The first kappa shape index (κ1) is 15.8. The molecule has 1 heterocycles. The van der Waals surface area contributed by atoms with Gasteiger partial charge in [-0.2, -0.15) is 0 Å². The van der Waals surface area contributed by atoms with Crippen molar-refractivity contribution in [1.29, 1.82) is 0 Å². The highest BCUT2D eigenvalue weighted by molar-refractivity contribution is 5.70. The second-order valence-corrected chi connectivity index (χ2v) is 5.67. The fourth-order valence-electron chi connectivity index (χ4n) is 2.61. The zero-order valence-corrected chi connectivity index (χ0v) is 13.4. The summed E-state index contributed by atoms with van der Waals surface area (Å²) in [7, 11) is 5.78. The number of carbonyl (C=O) groups is 1. The Balaban J connectivity index is 2.26. The Kier molecular flexibility index (Phi) is 4.85. The molecule has 1 aliphatic rings. The normalized spacial score (nSPS) is 21.0. The number of rotatable bonds is 3. The lowest BCUT2D eigenvalue weighted by Crippen LogP contribution is -2.35. The van der Waals surface area contributed by atoms with E-state index < -0.39 is 0 Å². The van der Waals surface area contributed by atoms with Crippen molar-refractivity contribution in [3.63, 3.8) is 0 Å². The van der Waals surface area contributed by atoms with Gasteiger partial charge in [-0.3, -0.25) is 0 Å². The predicted molar refractivity (Wildman–Crippen MR) is 81.4 cm³/mol. The molecule has 2 atom stereocenters. The van der Waals surface area contributed by atoms with Crippen molar-refractivity contribution in [2.45, 2.75) is 32.6 Å². The summed E-state index contributed by atoms with van der Waals surface area (Å²) in [5.74, 6) is 0.583. The molecule has 0 spiro atoms. The van der Waals surface area contributed by atoms with Crippen LogP contribution in [-0.2, 0) is 11.3 Å². The molecule has 0 aromatic heterocycles. The third-order valence-electron chi connectivity index (χ3n) is 3.93. The van der Waals surface area contributed by atoms with E-state index in [9.17, 15) is 4.79 Å². The number of likely N-dealkylation sites (N-methyl/N-ethyl adjacent to an activating group) is 1. The zero-order valence-electron chi connectivity index (χ0n) is 13.4. The van der Waals surface area contributed by atoms with E-state index in [4.69, 9.17) is 9.47 Å². The second-order valence-electron chi connectivity index (χ2n) is 5.67. The van der Waals surface area contributed by atoms with Crippen LogP contribution in [0.2, 0.25) is 0 Å². The van der Waals surface area contributed by atoms with Crippen molar-refractivity contribution in [2.75, 3.05) is 27.7 Å². The Labute approximate surface area is 126 Å². The molecule has 5 nitrogen and oxygen atoms in total. The van der Waals surface area contributed by atoms with Gasteiger partial charge in [-0.15, -0.1) is 0 Å². The van der Waals surface area contributed by atoms with Gasteiger partial charge in [0.2, 0.25) is 0 Å². The van der Waals surface area contributed by atoms with Crippen LogP contribution < -0.4 is 4.74 Å². The van der Waals surface area contributed by atoms with Crippen LogP contribution in [-0.4, -0.2) is 49.7 Å². The highest BCUT2D eigenvalue weighted by Gasteiger charge is 2.29. The van der Waals surface area contributed by atoms with Crippen molar-refractivity contribution in [3.05, 3.63) is 29.3 Å². The largest absolute Gasteiger partial charge is 0.414 e. The van der Waals surface area contributed by atoms with E-state index in [-0.39, 0.29) is 18.2 Å². The van der Waals surface area contributed by atoms with E-state index in [1.54, 1.807) is 7.05 Å². The van der Waals surface area contributed by atoms with E-state index in [0.717, 1.165) is 5.56 Å². The summed E-state index contributed by atoms with van der Waals surface area (Å²) in [6, 6.07) is 5.93. The first-order valence-electron chi connectivity index (χ1n) is 7.27. The molecule has 1 aromatic rings. The maximum atomic E-state index is 11.9. The van der Waals surface area contributed by atoms with Gasteiger partial charge >= 0.3 is 6.09 Å². The Bertz CT molecular complexity index is 516. The fraction of sp³-hybridized carbons (Fsp3) is 0.562. The van der Waals surface area contributed by atoms with Crippen molar-refractivity contribution in [2.24, 2.45) is 0 Å². The molecular weight excluding hydrogens is 268 g/mol. The van der Waals surface area contributed by atoms with Gasteiger partial charge in [-0.25, -0.2) is 4.79 Å². The lowest BCUT2D eigenvalue weighted by molar-refractivity contribution is -0.0168. The number of benzene rings is 1. The summed E-state index contributed by atoms with van der Waals surface area (Å²) < 4.78 is 11.2. The molecule has 1 aliphatic heterocycles. The number of hydrogen-bond acceptors (Lipinski definition) is 4. The quantitative estimate of drug-likeness (QED) is 0.859. The molecular formula is C16H24N2O3. The molecule has 0 saturated heterocycles. The van der Waals surface area contributed by atoms with Crippen LogP contribution in [0, 0.1) is 0 Å². The molecule has 116 valence electrons. The number of nitrogens with zero attached hydrogens (tertiary/aromatic N) is 2. The van der Waals surface area contributed by atoms with Gasteiger partial charge in [0, 0.05) is 13.6 Å². The fourth-order valence-corrected chi connectivity index (χ4v) is 2.61. The number of fused-ring (bicyclic) bond motifs is 1. The molecule has 0 aliphatic carbocycles. The average molecular weight is 292 g/mol. The van der Waals surface area contributed by atoms with E-state index in [2.05, 4.69) is 11.8 Å². The summed E-state index contributed by atoms with van der Waals surface area (Å²) in [6.45, 7) is 5.20.